The summed E-state index contributed by atoms with van der Waals surface area (Å²) in [5.41, 5.74) is 1.44. The van der Waals surface area contributed by atoms with Crippen molar-refractivity contribution in [2.45, 2.75) is 40.7 Å². The zero-order valence-corrected chi connectivity index (χ0v) is 15.3. The Hall–Kier alpha value is -0.870. The van der Waals surface area contributed by atoms with E-state index in [9.17, 15) is 4.79 Å². The van der Waals surface area contributed by atoms with E-state index in [4.69, 9.17) is 4.74 Å². The van der Waals surface area contributed by atoms with Crippen LogP contribution in [-0.2, 0) is 9.53 Å². The molecule has 0 bridgehead atoms. The van der Waals surface area contributed by atoms with Crippen LogP contribution in [0.3, 0.4) is 0 Å². The first-order valence-corrected chi connectivity index (χ1v) is 9.08. The van der Waals surface area contributed by atoms with Crippen molar-refractivity contribution >= 4 is 5.91 Å². The molecule has 0 aromatic carbocycles. The van der Waals surface area contributed by atoms with Crippen LogP contribution in [0.5, 0.6) is 0 Å². The molecule has 3 rings (SSSR count). The van der Waals surface area contributed by atoms with Crippen LogP contribution in [0.25, 0.3) is 0 Å². The smallest absolute Gasteiger partial charge is 0.226 e. The van der Waals surface area contributed by atoms with Gasteiger partial charge in [0.05, 0.1) is 19.1 Å². The molecule has 2 aliphatic heterocycles. The van der Waals surface area contributed by atoms with E-state index in [1.54, 1.807) is 0 Å². The molecule has 3 fully saturated rings. The Balaban J connectivity index is 1.64. The molecule has 0 radical (unpaired) electrons. The molecular formula is C19H32N2O2. The van der Waals surface area contributed by atoms with E-state index < -0.39 is 0 Å². The van der Waals surface area contributed by atoms with Crippen molar-refractivity contribution in [3.8, 4) is 0 Å². The van der Waals surface area contributed by atoms with Gasteiger partial charge >= 0.3 is 0 Å². The lowest BCUT2D eigenvalue weighted by Crippen LogP contribution is -2.47. The maximum Gasteiger partial charge on any atom is 0.226 e. The van der Waals surface area contributed by atoms with Gasteiger partial charge in [-0.2, -0.15) is 0 Å². The third-order valence-corrected chi connectivity index (χ3v) is 6.09. The molecule has 1 saturated carbocycles. The van der Waals surface area contributed by atoms with Gasteiger partial charge in [0.15, 0.2) is 0 Å². The number of likely N-dealkylation sites (tertiary alicyclic amines) is 1. The molecule has 1 aliphatic carbocycles. The minimum atomic E-state index is 0.120. The van der Waals surface area contributed by atoms with Crippen LogP contribution >= 0.6 is 0 Å². The largest absolute Gasteiger partial charge is 0.379 e. The van der Waals surface area contributed by atoms with E-state index in [-0.39, 0.29) is 11.3 Å². The van der Waals surface area contributed by atoms with E-state index in [0.717, 1.165) is 39.4 Å². The summed E-state index contributed by atoms with van der Waals surface area (Å²) in [5.74, 6) is 1.52. The van der Waals surface area contributed by atoms with Crippen molar-refractivity contribution in [1.82, 2.24) is 9.80 Å². The van der Waals surface area contributed by atoms with E-state index in [1.165, 1.54) is 5.57 Å². The van der Waals surface area contributed by atoms with E-state index >= 15 is 0 Å². The average Bonchev–Trinajstić information content (AvgIpc) is 2.83. The molecule has 0 N–H and O–H groups in total. The van der Waals surface area contributed by atoms with Crippen LogP contribution in [0.4, 0.5) is 0 Å². The Morgan fingerprint density at radius 1 is 1.17 bits per heavy atom. The fraction of sp³-hybridized carbons (Fsp3) is 0.842. The number of carbonyl (C=O) groups is 1. The Kier molecular flexibility index (Phi) is 4.58. The fourth-order valence-electron chi connectivity index (χ4n) is 4.53. The number of ether oxygens (including phenoxy) is 1. The summed E-state index contributed by atoms with van der Waals surface area (Å²) >= 11 is 0. The van der Waals surface area contributed by atoms with Crippen LogP contribution in [0.1, 0.15) is 34.6 Å². The first kappa shape index (κ1) is 17.0. The molecule has 0 aromatic heterocycles. The molecule has 0 aromatic rings. The van der Waals surface area contributed by atoms with Gasteiger partial charge in [0.25, 0.3) is 0 Å². The molecule has 4 atom stereocenters. The maximum absolute atomic E-state index is 13.0. The summed E-state index contributed by atoms with van der Waals surface area (Å²) in [5, 5.41) is 0. The second-order valence-electron chi connectivity index (χ2n) is 8.51. The zero-order valence-electron chi connectivity index (χ0n) is 15.3. The average molecular weight is 320 g/mol. The number of carbonyl (C=O) groups excluding carboxylic acids is 1. The lowest BCUT2D eigenvalue weighted by Gasteiger charge is -2.34. The first-order chi connectivity index (χ1) is 10.8. The second-order valence-corrected chi connectivity index (χ2v) is 8.51. The molecule has 23 heavy (non-hydrogen) atoms. The lowest BCUT2D eigenvalue weighted by atomic mass is 10.0. The van der Waals surface area contributed by atoms with Gasteiger partial charge in [-0.1, -0.05) is 32.4 Å². The van der Waals surface area contributed by atoms with Crippen molar-refractivity contribution in [3.63, 3.8) is 0 Å². The Morgan fingerprint density at radius 2 is 1.83 bits per heavy atom. The summed E-state index contributed by atoms with van der Waals surface area (Å²) in [6.45, 7) is 16.5. The van der Waals surface area contributed by atoms with Gasteiger partial charge in [0.2, 0.25) is 5.91 Å². The predicted molar refractivity (Wildman–Crippen MR) is 92.1 cm³/mol. The van der Waals surface area contributed by atoms with E-state index in [2.05, 4.69) is 50.5 Å². The normalized spacial score (nSPS) is 36.8. The molecule has 0 spiro atoms. The Bertz CT molecular complexity index is 490. The highest BCUT2D eigenvalue weighted by Crippen LogP contribution is 2.60. The standard InChI is InChI=1S/C19H32N2O2/c1-13(2)10-15-17(19(15,4)5)18(22)21-11-14(3)16(12-21)20-6-8-23-9-7-20/h10,14-17H,6-9,11-12H2,1-5H3/t14-,15+,16+,17+/m0/s1. The number of rotatable bonds is 3. The number of allylic oxidation sites excluding steroid dienone is 2. The quantitative estimate of drug-likeness (QED) is 0.749. The van der Waals surface area contributed by atoms with Gasteiger partial charge in [-0.05, 0) is 31.1 Å². The summed E-state index contributed by atoms with van der Waals surface area (Å²) < 4.78 is 5.47. The highest BCUT2D eigenvalue weighted by molar-refractivity contribution is 5.84. The highest BCUT2D eigenvalue weighted by atomic mass is 16.5. The van der Waals surface area contributed by atoms with Gasteiger partial charge in [0.1, 0.15) is 0 Å². The van der Waals surface area contributed by atoms with Crippen molar-refractivity contribution in [2.24, 2.45) is 23.2 Å². The number of amides is 1. The lowest BCUT2D eigenvalue weighted by molar-refractivity contribution is -0.132. The zero-order chi connectivity index (χ0) is 16.8. The summed E-state index contributed by atoms with van der Waals surface area (Å²) in [7, 11) is 0. The van der Waals surface area contributed by atoms with Gasteiger partial charge in [-0.3, -0.25) is 9.69 Å². The monoisotopic (exact) mass is 320 g/mol. The molecule has 130 valence electrons. The molecular weight excluding hydrogens is 288 g/mol. The van der Waals surface area contributed by atoms with Crippen molar-refractivity contribution in [3.05, 3.63) is 11.6 Å². The maximum atomic E-state index is 13.0. The third-order valence-electron chi connectivity index (χ3n) is 6.09. The fourth-order valence-corrected chi connectivity index (χ4v) is 4.53. The minimum absolute atomic E-state index is 0.120. The van der Waals surface area contributed by atoms with Gasteiger partial charge in [-0.15, -0.1) is 0 Å². The number of morpholine rings is 1. The highest BCUT2D eigenvalue weighted by Gasteiger charge is 2.61. The van der Waals surface area contributed by atoms with Gasteiger partial charge in [0, 0.05) is 32.2 Å². The number of hydrogen-bond acceptors (Lipinski definition) is 3. The Morgan fingerprint density at radius 3 is 2.43 bits per heavy atom. The van der Waals surface area contributed by atoms with Crippen molar-refractivity contribution in [1.29, 1.82) is 0 Å². The van der Waals surface area contributed by atoms with Gasteiger partial charge in [-0.25, -0.2) is 0 Å². The van der Waals surface area contributed by atoms with Crippen LogP contribution < -0.4 is 0 Å². The molecule has 0 unspecified atom stereocenters. The predicted octanol–water partition coefficient (Wildman–Crippen LogP) is 2.40. The third kappa shape index (κ3) is 3.20. The molecule has 4 heteroatoms. The summed E-state index contributed by atoms with van der Waals surface area (Å²) in [6.07, 6.45) is 2.29. The second kappa shape index (κ2) is 6.21. The van der Waals surface area contributed by atoms with Crippen molar-refractivity contribution in [2.75, 3.05) is 39.4 Å². The molecule has 3 aliphatic rings. The summed E-state index contributed by atoms with van der Waals surface area (Å²) in [4.78, 5) is 17.7. The first-order valence-electron chi connectivity index (χ1n) is 9.08. The van der Waals surface area contributed by atoms with Crippen LogP contribution in [-0.4, -0.2) is 61.1 Å². The minimum Gasteiger partial charge on any atom is -0.379 e. The molecule has 2 saturated heterocycles. The van der Waals surface area contributed by atoms with Crippen molar-refractivity contribution < 1.29 is 9.53 Å². The Labute approximate surface area is 140 Å². The van der Waals surface area contributed by atoms with E-state index in [1.807, 2.05) is 0 Å². The molecule has 2 heterocycles. The number of hydrogen-bond donors (Lipinski definition) is 0. The van der Waals surface area contributed by atoms with Gasteiger partial charge < -0.3 is 9.64 Å². The van der Waals surface area contributed by atoms with Crippen LogP contribution in [0.2, 0.25) is 0 Å². The molecule has 1 amide bonds. The number of nitrogens with zero attached hydrogens (tertiary/aromatic N) is 2. The topological polar surface area (TPSA) is 32.8 Å². The van der Waals surface area contributed by atoms with Crippen LogP contribution in [0, 0.1) is 23.2 Å². The summed E-state index contributed by atoms with van der Waals surface area (Å²) in [6, 6.07) is 0.506. The van der Waals surface area contributed by atoms with Crippen LogP contribution in [0.15, 0.2) is 11.6 Å². The van der Waals surface area contributed by atoms with E-state index in [0.29, 0.717) is 23.8 Å². The molecule has 4 nitrogen and oxygen atoms in total. The SMILES string of the molecule is CC(C)=C[C@@H]1[C@H](C(=O)N2C[C@@H](N3CCOCC3)[C@@H](C)C2)C1(C)C.